The number of aliphatic carboxylic acids is 1. The topological polar surface area (TPSA) is 81.8 Å². The first-order chi connectivity index (χ1) is 15.1. The lowest BCUT2D eigenvalue weighted by Gasteiger charge is -2.16. The van der Waals surface area contributed by atoms with E-state index in [1.165, 1.54) is 18.2 Å². The summed E-state index contributed by atoms with van der Waals surface area (Å²) in [6, 6.07) is 13.8. The van der Waals surface area contributed by atoms with Crippen molar-refractivity contribution in [1.29, 1.82) is 0 Å². The third-order valence-corrected chi connectivity index (χ3v) is 5.81. The lowest BCUT2D eigenvalue weighted by atomic mass is 9.97. The molecule has 0 spiro atoms. The molecule has 2 aromatic carbocycles. The first-order valence-corrected chi connectivity index (χ1v) is 10.6. The average molecular weight is 421 g/mol. The van der Waals surface area contributed by atoms with Crippen molar-refractivity contribution in [3.05, 3.63) is 70.6 Å². The number of benzene rings is 2. The monoisotopic (exact) mass is 421 g/mol. The van der Waals surface area contributed by atoms with E-state index in [0.717, 1.165) is 47.6 Å². The molecule has 1 atom stereocenters. The van der Waals surface area contributed by atoms with Gasteiger partial charge in [-0.1, -0.05) is 24.3 Å². The number of methoxy groups -OCH3 is 1. The van der Waals surface area contributed by atoms with Gasteiger partial charge in [0, 0.05) is 25.5 Å². The van der Waals surface area contributed by atoms with Gasteiger partial charge in [-0.15, -0.1) is 0 Å². The number of aromatic nitrogens is 1. The molecule has 0 fully saturated rings. The number of carboxylic acids is 1. The third-order valence-electron chi connectivity index (χ3n) is 5.81. The van der Waals surface area contributed by atoms with Crippen molar-refractivity contribution < 1.29 is 23.8 Å². The van der Waals surface area contributed by atoms with Crippen molar-refractivity contribution in [3.63, 3.8) is 0 Å². The van der Waals surface area contributed by atoms with E-state index in [2.05, 4.69) is 4.98 Å². The minimum atomic E-state index is -0.938. The Morgan fingerprint density at radius 1 is 1.16 bits per heavy atom. The summed E-state index contributed by atoms with van der Waals surface area (Å²) in [5.74, 6) is 1.38. The second-order valence-corrected chi connectivity index (χ2v) is 7.79. The number of hydrogen-bond acceptors (Lipinski definition) is 5. The van der Waals surface area contributed by atoms with Gasteiger partial charge in [0.1, 0.15) is 11.5 Å². The molecule has 6 nitrogen and oxygen atoms in total. The second kappa shape index (κ2) is 9.35. The van der Waals surface area contributed by atoms with Crippen molar-refractivity contribution in [2.45, 2.75) is 45.1 Å². The van der Waals surface area contributed by atoms with Gasteiger partial charge in [-0.05, 0) is 61.1 Å². The lowest BCUT2D eigenvalue weighted by molar-refractivity contribution is -0.148. The summed E-state index contributed by atoms with van der Waals surface area (Å²) in [4.78, 5) is 16.0. The summed E-state index contributed by atoms with van der Waals surface area (Å²) in [6.07, 6.45) is 3.14. The van der Waals surface area contributed by atoms with Crippen molar-refractivity contribution in [2.75, 3.05) is 13.7 Å². The number of ether oxygens (including phenoxy) is 2. The average Bonchev–Trinajstić information content (AvgIpc) is 3.41. The molecule has 0 radical (unpaired) electrons. The van der Waals surface area contributed by atoms with Gasteiger partial charge in [-0.2, -0.15) is 0 Å². The minimum Gasteiger partial charge on any atom is -0.493 e. The highest BCUT2D eigenvalue weighted by molar-refractivity contribution is 5.73. The van der Waals surface area contributed by atoms with Gasteiger partial charge < -0.3 is 19.0 Å². The van der Waals surface area contributed by atoms with Crippen LogP contribution >= 0.6 is 0 Å². The molecule has 6 heteroatoms. The van der Waals surface area contributed by atoms with Gasteiger partial charge in [-0.25, -0.2) is 9.78 Å². The molecule has 0 aliphatic heterocycles. The fourth-order valence-corrected chi connectivity index (χ4v) is 4.17. The number of carbonyl (C=O) groups is 1. The highest BCUT2D eigenvalue weighted by Crippen LogP contribution is 2.34. The Kier molecular flexibility index (Phi) is 6.37. The lowest BCUT2D eigenvalue weighted by Crippen LogP contribution is -2.25. The molecule has 1 heterocycles. The van der Waals surface area contributed by atoms with E-state index in [9.17, 15) is 9.90 Å². The molecule has 0 bridgehead atoms. The molecule has 3 aromatic rings. The van der Waals surface area contributed by atoms with E-state index in [-0.39, 0.29) is 0 Å². The van der Waals surface area contributed by atoms with E-state index in [0.29, 0.717) is 25.3 Å². The first-order valence-electron chi connectivity index (χ1n) is 10.6. The number of fused-ring (bicyclic) bond motifs is 1. The van der Waals surface area contributed by atoms with Gasteiger partial charge in [0.15, 0.2) is 6.10 Å². The standard InChI is InChI=1S/C25H27NO5/c1-16-21(26-24(31-16)17-7-4-3-5-8-17)13-14-30-22-12-11-18(15-23(29-2)25(27)28)19-9-6-10-20(19)22/h3-5,7-8,11-12,23H,6,9-10,13-15H2,1-2H3,(H,27,28)/t23-/m0/s1. The van der Waals surface area contributed by atoms with Crippen LogP contribution in [0.25, 0.3) is 11.5 Å². The maximum absolute atomic E-state index is 11.3. The smallest absolute Gasteiger partial charge is 0.333 e. The number of hydrogen-bond donors (Lipinski definition) is 1. The largest absolute Gasteiger partial charge is 0.493 e. The van der Waals surface area contributed by atoms with Crippen LogP contribution in [0.5, 0.6) is 5.75 Å². The molecule has 0 unspecified atom stereocenters. The SMILES string of the molecule is CO[C@@H](Cc1ccc(OCCc2nc(-c3ccccc3)oc2C)c2c1CCC2)C(=O)O. The van der Waals surface area contributed by atoms with Crippen LogP contribution in [0.2, 0.25) is 0 Å². The molecular weight excluding hydrogens is 394 g/mol. The van der Waals surface area contributed by atoms with Gasteiger partial charge in [0.05, 0.1) is 12.3 Å². The summed E-state index contributed by atoms with van der Waals surface area (Å²) in [5, 5.41) is 9.30. The maximum atomic E-state index is 11.3. The summed E-state index contributed by atoms with van der Waals surface area (Å²) in [5.41, 5.74) is 5.30. The van der Waals surface area contributed by atoms with Crippen LogP contribution in [0.1, 0.15) is 34.6 Å². The molecule has 31 heavy (non-hydrogen) atoms. The molecule has 1 aromatic heterocycles. The molecule has 162 valence electrons. The van der Waals surface area contributed by atoms with Crippen LogP contribution in [0, 0.1) is 6.92 Å². The molecule has 0 saturated heterocycles. The van der Waals surface area contributed by atoms with Crippen molar-refractivity contribution in [1.82, 2.24) is 4.98 Å². The minimum absolute atomic E-state index is 0.370. The summed E-state index contributed by atoms with van der Waals surface area (Å²) < 4.78 is 17.1. The molecule has 4 rings (SSSR count). The van der Waals surface area contributed by atoms with E-state index < -0.39 is 12.1 Å². The second-order valence-electron chi connectivity index (χ2n) is 7.79. The Morgan fingerprint density at radius 3 is 2.68 bits per heavy atom. The zero-order valence-electron chi connectivity index (χ0n) is 17.9. The normalized spacial score (nSPS) is 13.7. The van der Waals surface area contributed by atoms with Gasteiger partial charge in [-0.3, -0.25) is 0 Å². The van der Waals surface area contributed by atoms with E-state index in [1.807, 2.05) is 49.4 Å². The highest BCUT2D eigenvalue weighted by Gasteiger charge is 2.24. The van der Waals surface area contributed by atoms with Crippen LogP contribution < -0.4 is 4.74 Å². The Bertz CT molecular complexity index is 1060. The van der Waals surface area contributed by atoms with E-state index in [1.54, 1.807) is 0 Å². The van der Waals surface area contributed by atoms with Gasteiger partial charge >= 0.3 is 5.97 Å². The van der Waals surface area contributed by atoms with Crippen LogP contribution in [0.15, 0.2) is 46.9 Å². The predicted molar refractivity (Wildman–Crippen MR) is 116 cm³/mol. The van der Waals surface area contributed by atoms with E-state index in [4.69, 9.17) is 13.9 Å². The van der Waals surface area contributed by atoms with Crippen LogP contribution in [0.4, 0.5) is 0 Å². The fourth-order valence-electron chi connectivity index (χ4n) is 4.17. The molecule has 1 aliphatic rings. The zero-order chi connectivity index (χ0) is 21.8. The maximum Gasteiger partial charge on any atom is 0.333 e. The Labute approximate surface area is 181 Å². The third kappa shape index (κ3) is 4.64. The Hall–Kier alpha value is -3.12. The number of nitrogens with zero attached hydrogens (tertiary/aromatic N) is 1. The number of rotatable bonds is 9. The number of aryl methyl sites for hydroxylation is 1. The predicted octanol–water partition coefficient (Wildman–Crippen LogP) is 4.40. The fraction of sp³-hybridized carbons (Fsp3) is 0.360. The summed E-state index contributed by atoms with van der Waals surface area (Å²) in [7, 11) is 1.44. The Balaban J connectivity index is 1.43. The molecule has 0 saturated carbocycles. The van der Waals surface area contributed by atoms with Crippen molar-refractivity contribution in [2.24, 2.45) is 0 Å². The zero-order valence-corrected chi connectivity index (χ0v) is 17.9. The van der Waals surface area contributed by atoms with E-state index >= 15 is 0 Å². The summed E-state index contributed by atoms with van der Waals surface area (Å²) >= 11 is 0. The molecule has 0 amide bonds. The van der Waals surface area contributed by atoms with Crippen LogP contribution in [-0.2, 0) is 35.2 Å². The van der Waals surface area contributed by atoms with Gasteiger partial charge in [0.2, 0.25) is 5.89 Å². The van der Waals surface area contributed by atoms with Crippen molar-refractivity contribution >= 4 is 5.97 Å². The quantitative estimate of drug-likeness (QED) is 0.551. The molecular formula is C25H27NO5. The first kappa shape index (κ1) is 21.1. The molecule has 1 aliphatic carbocycles. The molecule has 1 N–H and O–H groups in total. The highest BCUT2D eigenvalue weighted by atomic mass is 16.5. The van der Waals surface area contributed by atoms with Crippen molar-refractivity contribution in [3.8, 4) is 17.2 Å². The summed E-state index contributed by atoms with van der Waals surface area (Å²) in [6.45, 7) is 2.43. The van der Waals surface area contributed by atoms with Gasteiger partial charge in [0.25, 0.3) is 0 Å². The number of carboxylic acid groups (broad SMARTS) is 1. The van der Waals surface area contributed by atoms with Crippen LogP contribution in [-0.4, -0.2) is 35.9 Å². The Morgan fingerprint density at radius 2 is 1.94 bits per heavy atom. The number of oxazole rings is 1. The van der Waals surface area contributed by atoms with Crippen LogP contribution in [0.3, 0.4) is 0 Å².